The first kappa shape index (κ1) is 20.3. The zero-order chi connectivity index (χ0) is 19.1. The quantitative estimate of drug-likeness (QED) is 0.567. The third-order valence-electron chi connectivity index (χ3n) is 4.72. The van der Waals surface area contributed by atoms with E-state index in [1.165, 1.54) is 0 Å². The number of benzene rings is 2. The standard InChI is InChI=1S/C23H30O3/c1-4-8-17(15-23(26)16(2)3)9-7-12-21(24)20-13-14-22(25)19-11-6-5-10-18(19)20/h5-7,10-11,13-14,16,21,23-26H,4,8,12,15H2,1-3H3/t9?,21-,23-/m1/s1. The number of phenols is 1. The molecule has 26 heavy (non-hydrogen) atoms. The second kappa shape index (κ2) is 9.59. The molecule has 2 aromatic rings. The van der Waals surface area contributed by atoms with E-state index in [0.29, 0.717) is 12.8 Å². The van der Waals surface area contributed by atoms with Crippen LogP contribution >= 0.6 is 0 Å². The minimum atomic E-state index is -0.661. The molecule has 0 aliphatic heterocycles. The Kier molecular flexibility index (Phi) is 7.47. The Bertz CT molecular complexity index is 785. The lowest BCUT2D eigenvalue weighted by atomic mass is 9.96. The van der Waals surface area contributed by atoms with Gasteiger partial charge >= 0.3 is 0 Å². The van der Waals surface area contributed by atoms with Crippen LogP contribution in [0.5, 0.6) is 5.75 Å². The number of aromatic hydroxyl groups is 1. The fourth-order valence-electron chi connectivity index (χ4n) is 3.06. The highest BCUT2D eigenvalue weighted by Crippen LogP contribution is 2.32. The monoisotopic (exact) mass is 354 g/mol. The third-order valence-corrected chi connectivity index (χ3v) is 4.72. The van der Waals surface area contributed by atoms with E-state index in [2.05, 4.69) is 12.7 Å². The van der Waals surface area contributed by atoms with E-state index < -0.39 is 6.10 Å². The van der Waals surface area contributed by atoms with Gasteiger partial charge in [-0.05, 0) is 41.0 Å². The zero-order valence-electron chi connectivity index (χ0n) is 15.9. The maximum Gasteiger partial charge on any atom is 0.123 e. The van der Waals surface area contributed by atoms with Gasteiger partial charge in [0, 0.05) is 18.2 Å². The number of fused-ring (bicyclic) bond motifs is 1. The summed E-state index contributed by atoms with van der Waals surface area (Å²) < 4.78 is 0. The van der Waals surface area contributed by atoms with E-state index >= 15 is 0 Å². The molecule has 0 unspecified atom stereocenters. The van der Waals surface area contributed by atoms with Gasteiger partial charge in [-0.3, -0.25) is 0 Å². The van der Waals surface area contributed by atoms with Crippen LogP contribution in [-0.2, 0) is 0 Å². The maximum absolute atomic E-state index is 10.6. The van der Waals surface area contributed by atoms with Crippen LogP contribution in [0, 0.1) is 5.92 Å². The van der Waals surface area contributed by atoms with Gasteiger partial charge in [0.25, 0.3) is 0 Å². The van der Waals surface area contributed by atoms with Crippen molar-refractivity contribution in [3.8, 4) is 5.75 Å². The summed E-state index contributed by atoms with van der Waals surface area (Å²) in [7, 11) is 0. The minimum Gasteiger partial charge on any atom is -0.507 e. The van der Waals surface area contributed by atoms with Crippen LogP contribution in [0.2, 0.25) is 0 Å². The number of rotatable bonds is 8. The summed E-state index contributed by atoms with van der Waals surface area (Å²) in [4.78, 5) is 0. The first-order valence-electron chi connectivity index (χ1n) is 9.43. The van der Waals surface area contributed by atoms with Crippen LogP contribution in [-0.4, -0.2) is 21.4 Å². The number of aliphatic hydroxyl groups excluding tert-OH is 2. The van der Waals surface area contributed by atoms with Gasteiger partial charge in [0.1, 0.15) is 5.75 Å². The molecule has 0 spiro atoms. The van der Waals surface area contributed by atoms with Crippen molar-refractivity contribution in [2.45, 2.75) is 58.7 Å². The third kappa shape index (κ3) is 5.22. The Morgan fingerprint density at radius 3 is 2.42 bits per heavy atom. The highest BCUT2D eigenvalue weighted by Gasteiger charge is 2.13. The van der Waals surface area contributed by atoms with Crippen molar-refractivity contribution in [3.63, 3.8) is 0 Å². The summed E-state index contributed by atoms with van der Waals surface area (Å²) in [5.41, 5.74) is 5.18. The molecule has 3 heteroatoms. The number of hydrogen-bond donors (Lipinski definition) is 3. The average molecular weight is 354 g/mol. The van der Waals surface area contributed by atoms with Gasteiger partial charge in [-0.15, -0.1) is 5.73 Å². The Labute approximate surface area is 156 Å². The predicted octanol–water partition coefficient (Wildman–Crippen LogP) is 5.26. The molecule has 2 rings (SSSR count). The Hall–Kier alpha value is -2.06. The molecule has 2 aromatic carbocycles. The predicted molar refractivity (Wildman–Crippen MR) is 107 cm³/mol. The highest BCUT2D eigenvalue weighted by atomic mass is 16.3. The van der Waals surface area contributed by atoms with E-state index in [0.717, 1.165) is 34.8 Å². The van der Waals surface area contributed by atoms with Gasteiger partial charge in [-0.25, -0.2) is 0 Å². The van der Waals surface area contributed by atoms with E-state index in [1.807, 2.05) is 44.2 Å². The lowest BCUT2D eigenvalue weighted by Gasteiger charge is -2.15. The molecule has 140 valence electrons. The molecule has 0 bridgehead atoms. The first-order valence-corrected chi connectivity index (χ1v) is 9.43. The molecule has 0 radical (unpaired) electrons. The molecule has 0 fully saturated rings. The minimum absolute atomic E-state index is 0.220. The number of phenolic OH excluding ortho intramolecular Hbond substituents is 1. The van der Waals surface area contributed by atoms with E-state index in [-0.39, 0.29) is 17.8 Å². The van der Waals surface area contributed by atoms with Crippen molar-refractivity contribution in [3.05, 3.63) is 59.3 Å². The van der Waals surface area contributed by atoms with Gasteiger partial charge < -0.3 is 15.3 Å². The normalized spacial score (nSPS) is 13.5. The van der Waals surface area contributed by atoms with E-state index in [4.69, 9.17) is 0 Å². The highest BCUT2D eigenvalue weighted by molar-refractivity contribution is 5.91. The van der Waals surface area contributed by atoms with Crippen LogP contribution in [0.15, 0.2) is 53.8 Å². The van der Waals surface area contributed by atoms with Crippen LogP contribution in [0.25, 0.3) is 10.8 Å². The molecule has 0 aliphatic carbocycles. The summed E-state index contributed by atoms with van der Waals surface area (Å²) in [6.45, 7) is 6.14. The second-order valence-electron chi connectivity index (χ2n) is 7.19. The maximum atomic E-state index is 10.6. The van der Waals surface area contributed by atoms with Crippen molar-refractivity contribution in [1.82, 2.24) is 0 Å². The van der Waals surface area contributed by atoms with Gasteiger partial charge in [-0.1, -0.05) is 57.5 Å². The lowest BCUT2D eigenvalue weighted by Crippen LogP contribution is -2.15. The molecule has 3 N–H and O–H groups in total. The smallest absolute Gasteiger partial charge is 0.123 e. The molecule has 0 saturated carbocycles. The summed E-state index contributed by atoms with van der Waals surface area (Å²) >= 11 is 0. The fourth-order valence-corrected chi connectivity index (χ4v) is 3.06. The Morgan fingerprint density at radius 2 is 1.77 bits per heavy atom. The van der Waals surface area contributed by atoms with Gasteiger partial charge in [0.2, 0.25) is 0 Å². The number of aliphatic hydroxyl groups is 2. The molecule has 0 heterocycles. The van der Waals surface area contributed by atoms with Crippen LogP contribution < -0.4 is 0 Å². The molecular formula is C23H30O3. The van der Waals surface area contributed by atoms with Crippen molar-refractivity contribution >= 4 is 10.8 Å². The van der Waals surface area contributed by atoms with Crippen molar-refractivity contribution in [2.24, 2.45) is 5.92 Å². The molecular weight excluding hydrogens is 324 g/mol. The second-order valence-corrected chi connectivity index (χ2v) is 7.19. The summed E-state index contributed by atoms with van der Waals surface area (Å²) in [6.07, 6.45) is 3.82. The van der Waals surface area contributed by atoms with Gasteiger partial charge in [-0.2, -0.15) is 0 Å². The van der Waals surface area contributed by atoms with Crippen molar-refractivity contribution < 1.29 is 15.3 Å². The average Bonchev–Trinajstić information content (AvgIpc) is 2.62. The fraction of sp³-hybridized carbons (Fsp3) is 0.435. The SMILES string of the molecule is CCCC(=C=CC[C@@H](O)c1ccc(O)c2ccccc12)C[C@@H](O)C(C)C. The molecule has 0 saturated heterocycles. The van der Waals surface area contributed by atoms with Crippen molar-refractivity contribution in [1.29, 1.82) is 0 Å². The van der Waals surface area contributed by atoms with E-state index in [9.17, 15) is 15.3 Å². The van der Waals surface area contributed by atoms with Crippen LogP contribution in [0.4, 0.5) is 0 Å². The molecule has 3 nitrogen and oxygen atoms in total. The zero-order valence-corrected chi connectivity index (χ0v) is 15.9. The van der Waals surface area contributed by atoms with E-state index in [1.54, 1.807) is 12.1 Å². The molecule has 2 atom stereocenters. The van der Waals surface area contributed by atoms with Gasteiger partial charge in [0.05, 0.1) is 12.2 Å². The lowest BCUT2D eigenvalue weighted by molar-refractivity contribution is 0.125. The molecule has 0 amide bonds. The summed E-state index contributed by atoms with van der Waals surface area (Å²) in [6, 6.07) is 10.9. The Morgan fingerprint density at radius 1 is 1.08 bits per heavy atom. The topological polar surface area (TPSA) is 60.7 Å². The molecule has 0 aromatic heterocycles. The van der Waals surface area contributed by atoms with Crippen LogP contribution in [0.1, 0.15) is 58.1 Å². The number of hydrogen-bond acceptors (Lipinski definition) is 3. The largest absolute Gasteiger partial charge is 0.507 e. The van der Waals surface area contributed by atoms with Gasteiger partial charge in [0.15, 0.2) is 0 Å². The summed E-state index contributed by atoms with van der Waals surface area (Å²) in [5.74, 6) is 0.442. The summed E-state index contributed by atoms with van der Waals surface area (Å²) in [5, 5.41) is 32.3. The molecule has 0 aliphatic rings. The van der Waals surface area contributed by atoms with Crippen LogP contribution in [0.3, 0.4) is 0 Å². The first-order chi connectivity index (χ1) is 12.4. The Balaban J connectivity index is 2.19. The van der Waals surface area contributed by atoms with Crippen molar-refractivity contribution in [2.75, 3.05) is 0 Å².